The summed E-state index contributed by atoms with van der Waals surface area (Å²) in [6, 6.07) is 3.38. The predicted octanol–water partition coefficient (Wildman–Crippen LogP) is 1.22. The standard InChI is InChI=1S/C14H16N4O3S/c1-7(2)18-12-10(14(21)17-18)11(22-6-9(19)16-12)8-4-3-5-15-13(8)20/h3-5,7,11H,6H2,1-2H3,(H,15,20)(H,16,19)(H,17,21)/t11-/m0/s1. The Morgan fingerprint density at radius 2 is 2.05 bits per heavy atom. The second-order valence-electron chi connectivity index (χ2n) is 5.36. The van der Waals surface area contributed by atoms with Crippen molar-refractivity contribution in [3.8, 4) is 0 Å². The molecular weight excluding hydrogens is 304 g/mol. The average Bonchev–Trinajstić information content (AvgIpc) is 2.68. The minimum absolute atomic E-state index is 0.0189. The molecule has 0 fully saturated rings. The maximum absolute atomic E-state index is 12.4. The molecule has 0 unspecified atom stereocenters. The van der Waals surface area contributed by atoms with Crippen LogP contribution in [0.1, 0.15) is 36.3 Å². The number of H-pyrrole nitrogens is 2. The molecule has 0 radical (unpaired) electrons. The van der Waals surface area contributed by atoms with Gasteiger partial charge in [-0.25, -0.2) is 0 Å². The number of fused-ring (bicyclic) bond motifs is 1. The molecule has 22 heavy (non-hydrogen) atoms. The van der Waals surface area contributed by atoms with Crippen molar-refractivity contribution in [2.75, 3.05) is 11.1 Å². The van der Waals surface area contributed by atoms with E-state index in [1.165, 1.54) is 11.8 Å². The number of hydrogen-bond donors (Lipinski definition) is 3. The number of carbonyl (C=O) groups excluding carboxylic acids is 1. The maximum Gasteiger partial charge on any atom is 0.270 e. The highest BCUT2D eigenvalue weighted by Crippen LogP contribution is 2.38. The van der Waals surface area contributed by atoms with Gasteiger partial charge in [0.05, 0.1) is 16.6 Å². The van der Waals surface area contributed by atoms with E-state index in [9.17, 15) is 14.4 Å². The normalized spacial score (nSPS) is 18.0. The number of nitrogens with one attached hydrogen (secondary N) is 3. The lowest BCUT2D eigenvalue weighted by molar-refractivity contribution is -0.113. The van der Waals surface area contributed by atoms with E-state index < -0.39 is 5.25 Å². The number of aromatic nitrogens is 3. The zero-order valence-corrected chi connectivity index (χ0v) is 13.0. The molecule has 116 valence electrons. The van der Waals surface area contributed by atoms with Crippen molar-refractivity contribution in [1.29, 1.82) is 0 Å². The number of thioether (sulfide) groups is 1. The highest BCUT2D eigenvalue weighted by Gasteiger charge is 2.32. The molecule has 0 aromatic carbocycles. The third kappa shape index (κ3) is 2.39. The first-order chi connectivity index (χ1) is 10.5. The zero-order valence-electron chi connectivity index (χ0n) is 12.2. The molecule has 0 aliphatic carbocycles. The number of aromatic amines is 2. The van der Waals surface area contributed by atoms with Gasteiger partial charge in [-0.3, -0.25) is 24.2 Å². The molecule has 7 nitrogen and oxygen atoms in total. The molecule has 1 aliphatic heterocycles. The molecule has 0 bridgehead atoms. The Hall–Kier alpha value is -2.22. The summed E-state index contributed by atoms with van der Waals surface area (Å²) >= 11 is 1.28. The first-order valence-corrected chi connectivity index (χ1v) is 7.97. The Kier molecular flexibility index (Phi) is 3.69. The van der Waals surface area contributed by atoms with E-state index in [1.807, 2.05) is 13.8 Å². The van der Waals surface area contributed by atoms with E-state index >= 15 is 0 Å². The molecule has 3 N–H and O–H groups in total. The van der Waals surface area contributed by atoms with Gasteiger partial charge >= 0.3 is 0 Å². The number of nitrogens with zero attached hydrogens (tertiary/aromatic N) is 1. The van der Waals surface area contributed by atoms with Gasteiger partial charge < -0.3 is 10.3 Å². The topological polar surface area (TPSA) is 99.8 Å². The Labute approximate surface area is 130 Å². The van der Waals surface area contributed by atoms with Gasteiger partial charge in [-0.15, -0.1) is 11.8 Å². The number of pyridine rings is 1. The van der Waals surface area contributed by atoms with Gasteiger partial charge in [0, 0.05) is 17.8 Å². The molecule has 3 rings (SSSR count). The highest BCUT2D eigenvalue weighted by atomic mass is 32.2. The number of rotatable bonds is 2. The summed E-state index contributed by atoms with van der Waals surface area (Å²) in [5.41, 5.74) is 0.349. The fourth-order valence-corrected chi connectivity index (χ4v) is 3.66. The summed E-state index contributed by atoms with van der Waals surface area (Å²) in [6.07, 6.45) is 1.54. The van der Waals surface area contributed by atoms with E-state index in [0.717, 1.165) is 0 Å². The molecule has 0 saturated heterocycles. The minimum Gasteiger partial charge on any atom is -0.329 e. The largest absolute Gasteiger partial charge is 0.329 e. The third-order valence-corrected chi connectivity index (χ3v) is 4.76. The number of hydrogen-bond acceptors (Lipinski definition) is 4. The number of amides is 1. The lowest BCUT2D eigenvalue weighted by Gasteiger charge is -2.14. The first kappa shape index (κ1) is 14.7. The van der Waals surface area contributed by atoms with Crippen LogP contribution >= 0.6 is 11.8 Å². The van der Waals surface area contributed by atoms with Crippen LogP contribution in [0.5, 0.6) is 0 Å². The van der Waals surface area contributed by atoms with Crippen molar-refractivity contribution in [3.63, 3.8) is 0 Å². The molecule has 0 saturated carbocycles. The Balaban J connectivity index is 2.24. The lowest BCUT2D eigenvalue weighted by atomic mass is 10.1. The Bertz CT molecular complexity index is 833. The van der Waals surface area contributed by atoms with Crippen LogP contribution in [-0.4, -0.2) is 26.4 Å². The first-order valence-electron chi connectivity index (χ1n) is 6.92. The SMILES string of the molecule is CC(C)n1[nH]c(=O)c2c1NC(=O)CS[C@H]2c1ccc[nH]c1=O. The van der Waals surface area contributed by atoms with Crippen LogP contribution < -0.4 is 16.4 Å². The van der Waals surface area contributed by atoms with Gasteiger partial charge in [-0.1, -0.05) is 6.07 Å². The third-order valence-electron chi connectivity index (χ3n) is 3.51. The predicted molar refractivity (Wildman–Crippen MR) is 85.4 cm³/mol. The molecule has 2 aromatic rings. The summed E-state index contributed by atoms with van der Waals surface area (Å²) < 4.78 is 1.63. The van der Waals surface area contributed by atoms with Crippen LogP contribution in [0.15, 0.2) is 27.9 Å². The van der Waals surface area contributed by atoms with Crippen LogP contribution in [0, 0.1) is 0 Å². The van der Waals surface area contributed by atoms with E-state index in [-0.39, 0.29) is 28.8 Å². The van der Waals surface area contributed by atoms with Crippen molar-refractivity contribution in [2.45, 2.75) is 25.1 Å². The van der Waals surface area contributed by atoms with Gasteiger partial charge in [0.1, 0.15) is 5.82 Å². The average molecular weight is 320 g/mol. The quantitative estimate of drug-likeness (QED) is 0.774. The molecule has 8 heteroatoms. The van der Waals surface area contributed by atoms with Crippen LogP contribution in [0.25, 0.3) is 0 Å². The van der Waals surface area contributed by atoms with Crippen LogP contribution in [0.3, 0.4) is 0 Å². The van der Waals surface area contributed by atoms with Gasteiger partial charge in [0.15, 0.2) is 0 Å². The molecular formula is C14H16N4O3S. The van der Waals surface area contributed by atoms with Gasteiger partial charge in [-0.2, -0.15) is 0 Å². The molecule has 3 heterocycles. The van der Waals surface area contributed by atoms with E-state index in [1.54, 1.807) is 23.0 Å². The van der Waals surface area contributed by atoms with Crippen molar-refractivity contribution in [3.05, 3.63) is 50.2 Å². The van der Waals surface area contributed by atoms with E-state index in [4.69, 9.17) is 0 Å². The summed E-state index contributed by atoms with van der Waals surface area (Å²) in [7, 11) is 0. The summed E-state index contributed by atoms with van der Waals surface area (Å²) in [6.45, 7) is 3.81. The highest BCUT2D eigenvalue weighted by molar-refractivity contribution is 8.00. The van der Waals surface area contributed by atoms with Crippen molar-refractivity contribution >= 4 is 23.5 Å². The maximum atomic E-state index is 12.4. The smallest absolute Gasteiger partial charge is 0.270 e. The number of carbonyl (C=O) groups is 1. The zero-order chi connectivity index (χ0) is 15.9. The Morgan fingerprint density at radius 1 is 1.27 bits per heavy atom. The van der Waals surface area contributed by atoms with Crippen LogP contribution in [0.4, 0.5) is 5.82 Å². The summed E-state index contributed by atoms with van der Waals surface area (Å²) in [5, 5.41) is 5.03. The monoisotopic (exact) mass is 320 g/mol. The van der Waals surface area contributed by atoms with E-state index in [2.05, 4.69) is 15.4 Å². The van der Waals surface area contributed by atoms with Gasteiger partial charge in [0.2, 0.25) is 5.91 Å². The molecule has 1 aliphatic rings. The lowest BCUT2D eigenvalue weighted by Crippen LogP contribution is -2.18. The second kappa shape index (κ2) is 5.53. The van der Waals surface area contributed by atoms with Crippen LogP contribution in [-0.2, 0) is 4.79 Å². The van der Waals surface area contributed by atoms with Crippen molar-refractivity contribution in [1.82, 2.24) is 14.8 Å². The van der Waals surface area contributed by atoms with Gasteiger partial charge in [-0.05, 0) is 19.9 Å². The fourth-order valence-electron chi connectivity index (χ4n) is 2.52. The molecule has 2 aromatic heterocycles. The van der Waals surface area contributed by atoms with Crippen molar-refractivity contribution in [2.24, 2.45) is 0 Å². The van der Waals surface area contributed by atoms with Gasteiger partial charge in [0.25, 0.3) is 11.1 Å². The summed E-state index contributed by atoms with van der Waals surface area (Å²) in [5.74, 6) is 0.448. The second-order valence-corrected chi connectivity index (χ2v) is 6.45. The fraction of sp³-hybridized carbons (Fsp3) is 0.357. The van der Waals surface area contributed by atoms with Crippen LogP contribution in [0.2, 0.25) is 0 Å². The number of anilines is 1. The molecule has 1 amide bonds. The van der Waals surface area contributed by atoms with Crippen molar-refractivity contribution < 1.29 is 4.79 Å². The summed E-state index contributed by atoms with van der Waals surface area (Å²) in [4.78, 5) is 39.0. The Morgan fingerprint density at radius 3 is 2.73 bits per heavy atom. The molecule has 1 atom stereocenters. The molecule has 0 spiro atoms. The minimum atomic E-state index is -0.484. The van der Waals surface area contributed by atoms with E-state index in [0.29, 0.717) is 16.9 Å².